The number of halogens is 1. The Hall–Kier alpha value is -3.68. The molecule has 0 radical (unpaired) electrons. The molecule has 0 fully saturated rings. The summed E-state index contributed by atoms with van der Waals surface area (Å²) in [5.74, 6) is -1.42. The molecule has 1 aromatic heterocycles. The maximum atomic E-state index is 13.6. The largest absolute Gasteiger partial charge is 0.497 e. The van der Waals surface area contributed by atoms with E-state index >= 15 is 0 Å². The lowest BCUT2D eigenvalue weighted by molar-refractivity contribution is -0.121. The average Bonchev–Trinajstić information content (AvgIpc) is 2.71. The summed E-state index contributed by atoms with van der Waals surface area (Å²) in [4.78, 5) is 36.3. The highest BCUT2D eigenvalue weighted by Crippen LogP contribution is 2.24. The van der Waals surface area contributed by atoms with E-state index in [1.807, 2.05) is 0 Å². The van der Waals surface area contributed by atoms with Gasteiger partial charge in [0.2, 0.25) is 5.91 Å². The van der Waals surface area contributed by atoms with Gasteiger partial charge in [0.25, 0.3) is 5.91 Å². The molecule has 3 rings (SSSR count). The van der Waals surface area contributed by atoms with Crippen molar-refractivity contribution < 1.29 is 23.1 Å². The van der Waals surface area contributed by atoms with Crippen molar-refractivity contribution >= 4 is 22.8 Å². The number of nitrogens with one attached hydrogen (secondary N) is 2. The van der Waals surface area contributed by atoms with E-state index in [-0.39, 0.29) is 18.4 Å². The van der Waals surface area contributed by atoms with Crippen molar-refractivity contribution in [3.8, 4) is 5.75 Å². The number of hydrogen-bond donors (Lipinski definition) is 2. The van der Waals surface area contributed by atoms with E-state index in [1.165, 1.54) is 25.3 Å². The van der Waals surface area contributed by atoms with Gasteiger partial charge >= 0.3 is 5.63 Å². The van der Waals surface area contributed by atoms with E-state index < -0.39 is 23.3 Å². The topological polar surface area (TPSA) is 97.6 Å². The molecular weight excluding hydrogens is 379 g/mol. The van der Waals surface area contributed by atoms with Gasteiger partial charge in [-0.25, -0.2) is 9.18 Å². The number of rotatable bonds is 5. The highest BCUT2D eigenvalue weighted by molar-refractivity contribution is 5.95. The molecule has 29 heavy (non-hydrogen) atoms. The number of carbonyl (C=O) groups is 2. The van der Waals surface area contributed by atoms with Crippen molar-refractivity contribution in [2.75, 3.05) is 7.11 Å². The van der Waals surface area contributed by atoms with E-state index in [2.05, 4.69) is 10.9 Å². The first-order chi connectivity index (χ1) is 13.9. The SMILES string of the molecule is COc1ccc2c(C)c(CCC(=O)NNC(=O)c3ccccc3F)c(=O)oc2c1. The quantitative estimate of drug-likeness (QED) is 0.509. The molecule has 8 heteroatoms. The number of benzene rings is 2. The summed E-state index contributed by atoms with van der Waals surface area (Å²) in [7, 11) is 1.52. The number of hydrogen-bond acceptors (Lipinski definition) is 5. The monoisotopic (exact) mass is 398 g/mol. The molecule has 0 bridgehead atoms. The fourth-order valence-corrected chi connectivity index (χ4v) is 2.93. The van der Waals surface area contributed by atoms with Crippen LogP contribution in [0.5, 0.6) is 5.75 Å². The Balaban J connectivity index is 1.66. The van der Waals surface area contributed by atoms with Crippen LogP contribution in [0.2, 0.25) is 0 Å². The molecule has 3 aromatic rings. The smallest absolute Gasteiger partial charge is 0.339 e. The van der Waals surface area contributed by atoms with Gasteiger partial charge in [0, 0.05) is 23.4 Å². The molecular formula is C21H19FN2O5. The second-order valence-corrected chi connectivity index (χ2v) is 6.34. The zero-order valence-corrected chi connectivity index (χ0v) is 15.9. The minimum absolute atomic E-state index is 0.0647. The van der Waals surface area contributed by atoms with E-state index in [1.54, 1.807) is 25.1 Å². The third-order valence-corrected chi connectivity index (χ3v) is 4.53. The molecule has 0 aliphatic rings. The number of amides is 2. The molecule has 2 aromatic carbocycles. The van der Waals surface area contributed by atoms with Gasteiger partial charge in [-0.1, -0.05) is 12.1 Å². The van der Waals surface area contributed by atoms with Gasteiger partial charge in [0.15, 0.2) is 0 Å². The number of ether oxygens (including phenoxy) is 1. The van der Waals surface area contributed by atoms with Crippen LogP contribution in [0, 0.1) is 12.7 Å². The molecule has 0 aliphatic heterocycles. The summed E-state index contributed by atoms with van der Waals surface area (Å²) in [5.41, 5.74) is 5.13. The summed E-state index contributed by atoms with van der Waals surface area (Å²) in [6.45, 7) is 1.78. The first kappa shape index (κ1) is 20.1. The third-order valence-electron chi connectivity index (χ3n) is 4.53. The van der Waals surface area contributed by atoms with Crippen LogP contribution in [0.25, 0.3) is 11.0 Å². The van der Waals surface area contributed by atoms with Crippen LogP contribution in [-0.2, 0) is 11.2 Å². The summed E-state index contributed by atoms with van der Waals surface area (Å²) in [6, 6.07) is 10.6. The number of aryl methyl sites for hydroxylation is 1. The maximum absolute atomic E-state index is 13.6. The molecule has 7 nitrogen and oxygen atoms in total. The molecule has 150 valence electrons. The minimum Gasteiger partial charge on any atom is -0.497 e. The molecule has 0 saturated heterocycles. The molecule has 2 amide bonds. The Morgan fingerprint density at radius 2 is 1.90 bits per heavy atom. The Kier molecular flexibility index (Phi) is 5.92. The molecule has 1 heterocycles. The third kappa shape index (κ3) is 4.43. The van der Waals surface area contributed by atoms with E-state index in [0.29, 0.717) is 22.5 Å². The lowest BCUT2D eigenvalue weighted by atomic mass is 10.0. The molecule has 0 aliphatic carbocycles. The van der Waals surface area contributed by atoms with Crippen molar-refractivity contribution in [3.05, 3.63) is 75.4 Å². The first-order valence-electron chi connectivity index (χ1n) is 8.84. The highest BCUT2D eigenvalue weighted by atomic mass is 19.1. The van der Waals surface area contributed by atoms with Gasteiger partial charge in [-0.15, -0.1) is 0 Å². The highest BCUT2D eigenvalue weighted by Gasteiger charge is 2.15. The van der Waals surface area contributed by atoms with Gasteiger partial charge < -0.3 is 9.15 Å². The summed E-state index contributed by atoms with van der Waals surface area (Å²) in [6.07, 6.45) is 0.0579. The number of methoxy groups -OCH3 is 1. The van der Waals surface area contributed by atoms with Crippen molar-refractivity contribution in [1.29, 1.82) is 0 Å². The Morgan fingerprint density at radius 3 is 2.62 bits per heavy atom. The van der Waals surface area contributed by atoms with E-state index in [4.69, 9.17) is 9.15 Å². The number of hydrazine groups is 1. The predicted molar refractivity (Wildman–Crippen MR) is 104 cm³/mol. The zero-order chi connectivity index (χ0) is 21.0. The van der Waals surface area contributed by atoms with Gasteiger partial charge in [-0.05, 0) is 43.2 Å². The van der Waals surface area contributed by atoms with Crippen LogP contribution in [0.15, 0.2) is 51.7 Å². The van der Waals surface area contributed by atoms with E-state index in [0.717, 1.165) is 11.5 Å². The Bertz CT molecular complexity index is 1140. The summed E-state index contributed by atoms with van der Waals surface area (Å²) >= 11 is 0. The molecule has 0 saturated carbocycles. The zero-order valence-electron chi connectivity index (χ0n) is 15.9. The number of fused-ring (bicyclic) bond motifs is 1. The fraction of sp³-hybridized carbons (Fsp3) is 0.190. The van der Waals surface area contributed by atoms with E-state index in [9.17, 15) is 18.8 Å². The fourth-order valence-electron chi connectivity index (χ4n) is 2.93. The van der Waals surface area contributed by atoms with Crippen LogP contribution >= 0.6 is 0 Å². The second-order valence-electron chi connectivity index (χ2n) is 6.34. The average molecular weight is 398 g/mol. The Morgan fingerprint density at radius 1 is 1.14 bits per heavy atom. The summed E-state index contributed by atoms with van der Waals surface area (Å²) < 4.78 is 24.0. The standard InChI is InChI=1S/C21H19FN2O5/c1-12-14-8-7-13(28-2)11-18(14)29-21(27)15(12)9-10-19(25)23-24-20(26)16-5-3-4-6-17(16)22/h3-8,11H,9-10H2,1-2H3,(H,23,25)(H,24,26). The lowest BCUT2D eigenvalue weighted by Crippen LogP contribution is -2.42. The van der Waals surface area contributed by atoms with Gasteiger partial charge in [0.05, 0.1) is 12.7 Å². The van der Waals surface area contributed by atoms with Crippen LogP contribution in [0.4, 0.5) is 4.39 Å². The van der Waals surface area contributed by atoms with Crippen LogP contribution < -0.4 is 21.2 Å². The molecule has 2 N–H and O–H groups in total. The molecule has 0 atom stereocenters. The number of carbonyl (C=O) groups excluding carboxylic acids is 2. The second kappa shape index (κ2) is 8.55. The van der Waals surface area contributed by atoms with Crippen molar-refractivity contribution in [1.82, 2.24) is 10.9 Å². The van der Waals surface area contributed by atoms with Crippen molar-refractivity contribution in [3.63, 3.8) is 0 Å². The van der Waals surface area contributed by atoms with Gasteiger partial charge in [0.1, 0.15) is 17.1 Å². The van der Waals surface area contributed by atoms with Crippen LogP contribution in [-0.4, -0.2) is 18.9 Å². The Labute approximate surface area is 165 Å². The maximum Gasteiger partial charge on any atom is 0.339 e. The van der Waals surface area contributed by atoms with Crippen LogP contribution in [0.3, 0.4) is 0 Å². The van der Waals surface area contributed by atoms with Crippen molar-refractivity contribution in [2.24, 2.45) is 0 Å². The summed E-state index contributed by atoms with van der Waals surface area (Å²) in [5, 5.41) is 0.744. The van der Waals surface area contributed by atoms with Gasteiger partial charge in [-0.3, -0.25) is 20.4 Å². The first-order valence-corrected chi connectivity index (χ1v) is 8.84. The minimum atomic E-state index is -0.771. The van der Waals surface area contributed by atoms with Gasteiger partial charge in [-0.2, -0.15) is 0 Å². The molecule has 0 unspecified atom stereocenters. The lowest BCUT2D eigenvalue weighted by Gasteiger charge is -2.10. The van der Waals surface area contributed by atoms with Crippen LogP contribution in [0.1, 0.15) is 27.9 Å². The normalized spacial score (nSPS) is 10.6. The molecule has 0 spiro atoms. The predicted octanol–water partition coefficient (Wildman–Crippen LogP) is 2.64. The van der Waals surface area contributed by atoms with Crippen molar-refractivity contribution in [2.45, 2.75) is 19.8 Å².